The van der Waals surface area contributed by atoms with E-state index in [1.807, 2.05) is 22.6 Å². The Hall–Kier alpha value is -0.710. The SMILES string of the molecule is O=c1ccn([C@H]2O[C@@H](CI)C(O)C2O)c(=O)[nH]1. The van der Waals surface area contributed by atoms with Gasteiger partial charge >= 0.3 is 5.69 Å². The fraction of sp³-hybridized carbons (Fsp3) is 0.556. The summed E-state index contributed by atoms with van der Waals surface area (Å²) in [6, 6.07) is 1.15. The predicted octanol–water partition coefficient (Wildman–Crippen LogP) is -1.41. The summed E-state index contributed by atoms with van der Waals surface area (Å²) in [4.78, 5) is 24.5. The van der Waals surface area contributed by atoms with E-state index >= 15 is 0 Å². The number of aliphatic hydroxyl groups excluding tert-OH is 2. The molecule has 0 saturated carbocycles. The summed E-state index contributed by atoms with van der Waals surface area (Å²) >= 11 is 2.02. The Morgan fingerprint density at radius 3 is 2.65 bits per heavy atom. The largest absolute Gasteiger partial charge is 0.387 e. The molecule has 0 spiro atoms. The average molecular weight is 354 g/mol. The number of nitrogens with one attached hydrogen (secondary N) is 1. The number of hydrogen-bond donors (Lipinski definition) is 3. The Kier molecular flexibility index (Phi) is 3.66. The molecule has 7 nitrogen and oxygen atoms in total. The topological polar surface area (TPSA) is 105 Å². The van der Waals surface area contributed by atoms with E-state index in [2.05, 4.69) is 4.98 Å². The molecule has 4 atom stereocenters. The maximum Gasteiger partial charge on any atom is 0.330 e. The van der Waals surface area contributed by atoms with Crippen LogP contribution in [0.25, 0.3) is 0 Å². The lowest BCUT2D eigenvalue weighted by atomic mass is 10.1. The highest BCUT2D eigenvalue weighted by Gasteiger charge is 2.43. The number of nitrogens with zero attached hydrogens (tertiary/aromatic N) is 1. The third-order valence-corrected chi connectivity index (χ3v) is 3.48. The van der Waals surface area contributed by atoms with Crippen LogP contribution in [-0.2, 0) is 4.74 Å². The van der Waals surface area contributed by atoms with Crippen molar-refractivity contribution in [2.75, 3.05) is 4.43 Å². The first-order valence-electron chi connectivity index (χ1n) is 4.93. The minimum Gasteiger partial charge on any atom is -0.387 e. The van der Waals surface area contributed by atoms with Crippen molar-refractivity contribution in [3.8, 4) is 0 Å². The van der Waals surface area contributed by atoms with Crippen LogP contribution >= 0.6 is 22.6 Å². The summed E-state index contributed by atoms with van der Waals surface area (Å²) in [5.41, 5.74) is -1.20. The number of H-pyrrole nitrogens is 1. The minimum absolute atomic E-state index is 0.491. The van der Waals surface area contributed by atoms with Gasteiger partial charge in [-0.15, -0.1) is 0 Å². The molecule has 1 aromatic heterocycles. The molecule has 2 heterocycles. The minimum atomic E-state index is -1.20. The van der Waals surface area contributed by atoms with E-state index in [1.165, 1.54) is 6.20 Å². The molecule has 1 aliphatic rings. The van der Waals surface area contributed by atoms with Gasteiger partial charge in [-0.05, 0) is 0 Å². The third-order valence-electron chi connectivity index (χ3n) is 2.61. The number of rotatable bonds is 2. The number of aromatic amines is 1. The van der Waals surface area contributed by atoms with Crippen molar-refractivity contribution in [1.29, 1.82) is 0 Å². The van der Waals surface area contributed by atoms with Crippen molar-refractivity contribution in [2.45, 2.75) is 24.5 Å². The standard InChI is InChI=1S/C9H11IN2O5/c10-3-4-6(14)7(15)8(17-4)12-2-1-5(13)11-9(12)16/h1-2,4,6-8,14-15H,3H2,(H,11,13,16)/t4-,6?,7?,8-/m0/s1. The molecule has 8 heteroatoms. The lowest BCUT2D eigenvalue weighted by Gasteiger charge is -2.16. The summed E-state index contributed by atoms with van der Waals surface area (Å²) in [6.45, 7) is 0. The summed E-state index contributed by atoms with van der Waals surface area (Å²) in [6.07, 6.45) is -2.52. The smallest absolute Gasteiger partial charge is 0.330 e. The zero-order valence-electron chi connectivity index (χ0n) is 8.62. The number of aromatic nitrogens is 2. The molecule has 1 fully saturated rings. The molecule has 0 aliphatic carbocycles. The van der Waals surface area contributed by atoms with Crippen LogP contribution in [-0.4, -0.2) is 42.5 Å². The van der Waals surface area contributed by atoms with Crippen LogP contribution in [0.3, 0.4) is 0 Å². The second-order valence-electron chi connectivity index (χ2n) is 3.72. The van der Waals surface area contributed by atoms with Gasteiger partial charge in [0.05, 0.1) is 6.10 Å². The van der Waals surface area contributed by atoms with Crippen LogP contribution in [0.5, 0.6) is 0 Å². The van der Waals surface area contributed by atoms with Crippen molar-refractivity contribution < 1.29 is 14.9 Å². The molecule has 2 rings (SSSR count). The van der Waals surface area contributed by atoms with E-state index < -0.39 is 35.8 Å². The molecule has 94 valence electrons. The number of aliphatic hydroxyl groups is 2. The summed E-state index contributed by atoms with van der Waals surface area (Å²) < 4.78 is 6.92. The van der Waals surface area contributed by atoms with Gasteiger partial charge in [-0.3, -0.25) is 14.3 Å². The van der Waals surface area contributed by atoms with Gasteiger partial charge in [0.25, 0.3) is 5.56 Å². The van der Waals surface area contributed by atoms with Gasteiger partial charge in [-0.1, -0.05) is 22.6 Å². The van der Waals surface area contributed by atoms with E-state index in [1.54, 1.807) is 0 Å². The molecule has 1 aliphatic heterocycles. The molecule has 0 amide bonds. The Balaban J connectivity index is 2.35. The lowest BCUT2D eigenvalue weighted by Crippen LogP contribution is -2.37. The summed E-state index contributed by atoms with van der Waals surface area (Å²) in [5, 5.41) is 19.4. The normalized spacial score (nSPS) is 32.9. The van der Waals surface area contributed by atoms with Gasteiger partial charge in [0.15, 0.2) is 6.23 Å². The fourth-order valence-electron chi connectivity index (χ4n) is 1.71. The fourth-order valence-corrected chi connectivity index (χ4v) is 2.44. The Labute approximate surface area is 109 Å². The van der Waals surface area contributed by atoms with Crippen LogP contribution in [0.15, 0.2) is 21.9 Å². The highest BCUT2D eigenvalue weighted by Crippen LogP contribution is 2.28. The first kappa shape index (κ1) is 12.7. The van der Waals surface area contributed by atoms with Gasteiger partial charge in [0.2, 0.25) is 0 Å². The number of alkyl halides is 1. The van der Waals surface area contributed by atoms with E-state index in [4.69, 9.17) is 4.74 Å². The lowest BCUT2D eigenvalue weighted by molar-refractivity contribution is -0.0335. The Morgan fingerprint density at radius 1 is 1.41 bits per heavy atom. The Bertz CT molecular complexity index is 513. The van der Waals surface area contributed by atoms with Gasteiger partial charge in [-0.2, -0.15) is 0 Å². The van der Waals surface area contributed by atoms with Crippen molar-refractivity contribution in [3.05, 3.63) is 33.1 Å². The molecule has 0 radical (unpaired) electrons. The van der Waals surface area contributed by atoms with Crippen LogP contribution in [0.2, 0.25) is 0 Å². The molecule has 2 unspecified atom stereocenters. The molecule has 1 saturated heterocycles. The highest BCUT2D eigenvalue weighted by atomic mass is 127. The second-order valence-corrected chi connectivity index (χ2v) is 4.60. The zero-order valence-corrected chi connectivity index (χ0v) is 10.8. The second kappa shape index (κ2) is 4.88. The molecule has 0 bridgehead atoms. The first-order valence-corrected chi connectivity index (χ1v) is 6.46. The van der Waals surface area contributed by atoms with Crippen LogP contribution in [0.4, 0.5) is 0 Å². The zero-order chi connectivity index (χ0) is 12.6. The maximum atomic E-state index is 11.5. The van der Waals surface area contributed by atoms with Crippen LogP contribution in [0.1, 0.15) is 6.23 Å². The molecule has 1 aromatic rings. The first-order chi connectivity index (χ1) is 8.04. The van der Waals surface area contributed by atoms with E-state index in [0.717, 1.165) is 10.6 Å². The highest BCUT2D eigenvalue weighted by molar-refractivity contribution is 14.1. The van der Waals surface area contributed by atoms with Gasteiger partial charge in [-0.25, -0.2) is 4.79 Å². The average Bonchev–Trinajstić information content (AvgIpc) is 2.57. The molecule has 17 heavy (non-hydrogen) atoms. The predicted molar refractivity (Wildman–Crippen MR) is 66.1 cm³/mol. The van der Waals surface area contributed by atoms with Crippen LogP contribution < -0.4 is 11.2 Å². The van der Waals surface area contributed by atoms with E-state index in [9.17, 15) is 19.8 Å². The quantitative estimate of drug-likeness (QED) is 0.447. The van der Waals surface area contributed by atoms with E-state index in [-0.39, 0.29) is 0 Å². The monoisotopic (exact) mass is 354 g/mol. The number of hydrogen-bond acceptors (Lipinski definition) is 5. The molecular formula is C9H11IN2O5. The molecule has 0 aromatic carbocycles. The van der Waals surface area contributed by atoms with Gasteiger partial charge in [0.1, 0.15) is 12.2 Å². The summed E-state index contributed by atoms with van der Waals surface area (Å²) in [7, 11) is 0. The Morgan fingerprint density at radius 2 is 2.12 bits per heavy atom. The maximum absolute atomic E-state index is 11.5. The van der Waals surface area contributed by atoms with E-state index in [0.29, 0.717) is 4.43 Å². The molecule has 3 N–H and O–H groups in total. The number of ether oxygens (including phenoxy) is 1. The van der Waals surface area contributed by atoms with Crippen molar-refractivity contribution in [3.63, 3.8) is 0 Å². The third kappa shape index (κ3) is 2.30. The molecular weight excluding hydrogens is 343 g/mol. The van der Waals surface area contributed by atoms with Gasteiger partial charge < -0.3 is 14.9 Å². The number of halogens is 1. The van der Waals surface area contributed by atoms with Crippen molar-refractivity contribution >= 4 is 22.6 Å². The van der Waals surface area contributed by atoms with Crippen molar-refractivity contribution in [2.24, 2.45) is 0 Å². The van der Waals surface area contributed by atoms with Gasteiger partial charge in [0, 0.05) is 16.7 Å². The summed E-state index contributed by atoms with van der Waals surface area (Å²) in [5.74, 6) is 0. The van der Waals surface area contributed by atoms with Crippen LogP contribution in [0, 0.1) is 0 Å². The van der Waals surface area contributed by atoms with Crippen molar-refractivity contribution in [1.82, 2.24) is 9.55 Å².